The summed E-state index contributed by atoms with van der Waals surface area (Å²) >= 11 is 0. The van der Waals surface area contributed by atoms with E-state index in [-0.39, 0.29) is 17.4 Å². The number of fused-ring (bicyclic) bond motifs is 1. The molecular formula is C22H21N5O3. The number of Topliss-reactive ketones (excluding diaryl/α,β-unsaturated/α-hetero) is 1. The second-order valence-electron chi connectivity index (χ2n) is 7.07. The lowest BCUT2D eigenvalue weighted by molar-refractivity contribution is 0.0976. The fourth-order valence-electron chi connectivity index (χ4n) is 3.42. The van der Waals surface area contributed by atoms with Gasteiger partial charge in [-0.1, -0.05) is 48.5 Å². The minimum Gasteiger partial charge on any atom is -0.334 e. The number of carbonyl (C=O) groups is 3. The maximum absolute atomic E-state index is 12.7. The normalized spacial score (nSPS) is 12.4. The molecule has 1 aromatic heterocycles. The van der Waals surface area contributed by atoms with Crippen LogP contribution >= 0.6 is 0 Å². The van der Waals surface area contributed by atoms with Crippen LogP contribution in [0, 0.1) is 0 Å². The molecule has 4 rings (SSSR count). The zero-order valence-electron chi connectivity index (χ0n) is 16.5. The average Bonchev–Trinajstić information content (AvgIpc) is 3.34. The molecule has 0 fully saturated rings. The fourth-order valence-corrected chi connectivity index (χ4v) is 3.42. The summed E-state index contributed by atoms with van der Waals surface area (Å²) in [4.78, 5) is 40.0. The summed E-state index contributed by atoms with van der Waals surface area (Å²) in [7, 11) is 0. The molecule has 30 heavy (non-hydrogen) atoms. The number of rotatable bonds is 5. The minimum absolute atomic E-state index is 0.185. The van der Waals surface area contributed by atoms with Crippen molar-refractivity contribution in [2.24, 2.45) is 0 Å². The van der Waals surface area contributed by atoms with E-state index in [1.165, 1.54) is 11.7 Å². The molecule has 3 amide bonds. The van der Waals surface area contributed by atoms with E-state index >= 15 is 0 Å². The monoisotopic (exact) mass is 403 g/mol. The van der Waals surface area contributed by atoms with Crippen LogP contribution in [0.15, 0.2) is 60.8 Å². The predicted molar refractivity (Wildman–Crippen MR) is 110 cm³/mol. The number of urea groups is 1. The number of nitrogens with one attached hydrogen (secondary N) is 2. The Hall–Kier alpha value is -3.94. The molecule has 8 heteroatoms. The molecule has 0 aliphatic carbocycles. The Kier molecular flexibility index (Phi) is 5.30. The van der Waals surface area contributed by atoms with E-state index in [1.807, 2.05) is 30.3 Å². The summed E-state index contributed by atoms with van der Waals surface area (Å²) in [5.74, 6) is -0.619. The van der Waals surface area contributed by atoms with Crippen LogP contribution < -0.4 is 10.7 Å². The first-order valence-electron chi connectivity index (χ1n) is 9.56. The molecule has 2 heterocycles. The largest absolute Gasteiger partial charge is 0.334 e. The molecule has 0 saturated carbocycles. The van der Waals surface area contributed by atoms with Crippen LogP contribution in [0.4, 0.5) is 4.79 Å². The molecule has 0 spiro atoms. The highest BCUT2D eigenvalue weighted by Gasteiger charge is 2.28. The Labute approximate surface area is 173 Å². The van der Waals surface area contributed by atoms with Crippen LogP contribution in [0.1, 0.15) is 44.5 Å². The summed E-state index contributed by atoms with van der Waals surface area (Å²) < 4.78 is 0. The second kappa shape index (κ2) is 8.20. The highest BCUT2D eigenvalue weighted by atomic mass is 16.2. The lowest BCUT2D eigenvalue weighted by Gasteiger charge is -2.17. The van der Waals surface area contributed by atoms with Gasteiger partial charge in [0.15, 0.2) is 5.78 Å². The van der Waals surface area contributed by atoms with Gasteiger partial charge in [0, 0.05) is 17.7 Å². The van der Waals surface area contributed by atoms with Crippen molar-refractivity contribution in [2.75, 3.05) is 5.43 Å². The Balaban J connectivity index is 1.42. The van der Waals surface area contributed by atoms with Crippen molar-refractivity contribution in [3.05, 3.63) is 88.7 Å². The SMILES string of the molecule is CC(=O)c1ccccc1C(=O)Nn1ncc2c1CN(C(=O)NCc1ccccc1)C2. The van der Waals surface area contributed by atoms with Gasteiger partial charge in [-0.3, -0.25) is 9.59 Å². The number of benzene rings is 2. The van der Waals surface area contributed by atoms with Gasteiger partial charge in [0.05, 0.1) is 30.5 Å². The number of amides is 3. The summed E-state index contributed by atoms with van der Waals surface area (Å²) in [5.41, 5.74) is 5.96. The van der Waals surface area contributed by atoms with E-state index in [9.17, 15) is 14.4 Å². The summed E-state index contributed by atoms with van der Waals surface area (Å²) in [6.07, 6.45) is 1.64. The number of hydrogen-bond donors (Lipinski definition) is 2. The average molecular weight is 403 g/mol. The molecule has 152 valence electrons. The first kappa shape index (κ1) is 19.4. The van der Waals surface area contributed by atoms with E-state index in [2.05, 4.69) is 15.8 Å². The second-order valence-corrected chi connectivity index (χ2v) is 7.07. The van der Waals surface area contributed by atoms with Crippen molar-refractivity contribution < 1.29 is 14.4 Å². The van der Waals surface area contributed by atoms with Crippen molar-refractivity contribution in [1.82, 2.24) is 20.1 Å². The molecule has 3 aromatic rings. The molecule has 2 N–H and O–H groups in total. The van der Waals surface area contributed by atoms with Crippen molar-refractivity contribution in [3.8, 4) is 0 Å². The van der Waals surface area contributed by atoms with Gasteiger partial charge >= 0.3 is 6.03 Å². The summed E-state index contributed by atoms with van der Waals surface area (Å²) in [6.45, 7) is 2.60. The maximum Gasteiger partial charge on any atom is 0.318 e. The van der Waals surface area contributed by atoms with Crippen molar-refractivity contribution in [3.63, 3.8) is 0 Å². The topological polar surface area (TPSA) is 96.3 Å². The third-order valence-electron chi connectivity index (χ3n) is 4.99. The van der Waals surface area contributed by atoms with E-state index in [0.717, 1.165) is 16.8 Å². The molecule has 8 nitrogen and oxygen atoms in total. The quantitative estimate of drug-likeness (QED) is 0.640. The molecule has 0 bridgehead atoms. The zero-order chi connectivity index (χ0) is 21.1. The molecule has 0 saturated heterocycles. The van der Waals surface area contributed by atoms with Gasteiger partial charge in [-0.05, 0) is 18.6 Å². The number of carbonyl (C=O) groups excluding carboxylic acids is 3. The van der Waals surface area contributed by atoms with Crippen molar-refractivity contribution in [2.45, 2.75) is 26.6 Å². The lowest BCUT2D eigenvalue weighted by Crippen LogP contribution is -2.36. The Morgan fingerprint density at radius 1 is 0.967 bits per heavy atom. The fraction of sp³-hybridized carbons (Fsp3) is 0.182. The molecular weight excluding hydrogens is 382 g/mol. The Bertz CT molecular complexity index is 1110. The van der Waals surface area contributed by atoms with Crippen LogP contribution in [0.5, 0.6) is 0 Å². The van der Waals surface area contributed by atoms with E-state index in [1.54, 1.807) is 35.4 Å². The van der Waals surface area contributed by atoms with Gasteiger partial charge < -0.3 is 10.2 Å². The van der Waals surface area contributed by atoms with Gasteiger partial charge in [-0.2, -0.15) is 9.89 Å². The summed E-state index contributed by atoms with van der Waals surface area (Å²) in [6, 6.07) is 16.1. The van der Waals surface area contributed by atoms with Gasteiger partial charge in [0.25, 0.3) is 5.91 Å². The van der Waals surface area contributed by atoms with Crippen LogP contribution in [-0.4, -0.2) is 32.5 Å². The van der Waals surface area contributed by atoms with Gasteiger partial charge in [-0.15, -0.1) is 0 Å². The highest BCUT2D eigenvalue weighted by Crippen LogP contribution is 2.22. The Morgan fingerprint density at radius 2 is 1.67 bits per heavy atom. The lowest BCUT2D eigenvalue weighted by atomic mass is 10.0. The number of ketones is 1. The standard InChI is InChI=1S/C22H21N5O3/c1-15(28)18-9-5-6-10-19(18)21(29)25-27-20-14-26(13-17(20)12-24-27)22(30)23-11-16-7-3-2-4-8-16/h2-10,12H,11,13-14H2,1H3,(H,23,30)(H,25,29). The number of aromatic nitrogens is 2. The zero-order valence-corrected chi connectivity index (χ0v) is 16.5. The number of nitrogens with zero attached hydrogens (tertiary/aromatic N) is 3. The predicted octanol–water partition coefficient (Wildman–Crippen LogP) is 2.70. The third-order valence-corrected chi connectivity index (χ3v) is 4.99. The first-order valence-corrected chi connectivity index (χ1v) is 9.56. The molecule has 1 aliphatic heterocycles. The van der Waals surface area contributed by atoms with E-state index in [0.29, 0.717) is 25.2 Å². The molecule has 0 unspecified atom stereocenters. The highest BCUT2D eigenvalue weighted by molar-refractivity contribution is 6.09. The maximum atomic E-state index is 12.7. The van der Waals surface area contributed by atoms with Crippen molar-refractivity contribution >= 4 is 17.7 Å². The smallest absolute Gasteiger partial charge is 0.318 e. The molecule has 0 radical (unpaired) electrons. The van der Waals surface area contributed by atoms with Crippen LogP contribution in [-0.2, 0) is 19.6 Å². The minimum atomic E-state index is -0.432. The number of hydrogen-bond acceptors (Lipinski definition) is 4. The van der Waals surface area contributed by atoms with Crippen LogP contribution in [0.3, 0.4) is 0 Å². The molecule has 2 aromatic carbocycles. The molecule has 0 atom stereocenters. The van der Waals surface area contributed by atoms with Crippen LogP contribution in [0.25, 0.3) is 0 Å². The molecule has 1 aliphatic rings. The van der Waals surface area contributed by atoms with E-state index in [4.69, 9.17) is 0 Å². The van der Waals surface area contributed by atoms with Gasteiger partial charge in [-0.25, -0.2) is 10.2 Å². The summed E-state index contributed by atoms with van der Waals surface area (Å²) in [5, 5.41) is 7.11. The third kappa shape index (κ3) is 3.93. The first-order chi connectivity index (χ1) is 14.5. The van der Waals surface area contributed by atoms with Gasteiger partial charge in [0.2, 0.25) is 0 Å². The van der Waals surface area contributed by atoms with Crippen LogP contribution in [0.2, 0.25) is 0 Å². The van der Waals surface area contributed by atoms with Crippen molar-refractivity contribution in [1.29, 1.82) is 0 Å². The van der Waals surface area contributed by atoms with Gasteiger partial charge in [0.1, 0.15) is 0 Å². The van der Waals surface area contributed by atoms with E-state index < -0.39 is 5.91 Å². The Morgan fingerprint density at radius 3 is 2.40 bits per heavy atom.